The lowest BCUT2D eigenvalue weighted by molar-refractivity contribution is -0.135. The van der Waals surface area contributed by atoms with E-state index in [1.54, 1.807) is 4.90 Å². The molecule has 2 aliphatic heterocycles. The molecule has 2 aromatic carbocycles. The van der Waals surface area contributed by atoms with Gasteiger partial charge < -0.3 is 39.9 Å². The molecule has 57 heavy (non-hydrogen) atoms. The fourth-order valence-corrected chi connectivity index (χ4v) is 8.84. The van der Waals surface area contributed by atoms with Crippen molar-refractivity contribution in [3.8, 4) is 11.3 Å². The molecular formula is C43H54N8O6. The molecule has 1 aliphatic carbocycles. The van der Waals surface area contributed by atoms with Crippen LogP contribution in [0.25, 0.3) is 11.3 Å². The summed E-state index contributed by atoms with van der Waals surface area (Å²) in [6.45, 7) is 5.04. The number of nitrogens with zero attached hydrogens (tertiary/aromatic N) is 4. The van der Waals surface area contributed by atoms with E-state index in [1.165, 1.54) is 19.8 Å². The van der Waals surface area contributed by atoms with Crippen LogP contribution >= 0.6 is 0 Å². The van der Waals surface area contributed by atoms with E-state index in [-0.39, 0.29) is 29.8 Å². The molecule has 0 radical (unpaired) electrons. The minimum atomic E-state index is -0.866. The minimum Gasteiger partial charge on any atom is -0.453 e. The Bertz CT molecular complexity index is 2000. The number of hydrogen-bond donors (Lipinski definition) is 4. The van der Waals surface area contributed by atoms with Gasteiger partial charge in [0.05, 0.1) is 38.2 Å². The molecule has 7 rings (SSSR count). The van der Waals surface area contributed by atoms with Gasteiger partial charge in [-0.1, -0.05) is 68.4 Å². The summed E-state index contributed by atoms with van der Waals surface area (Å²) in [4.78, 5) is 71.9. The van der Waals surface area contributed by atoms with Crippen LogP contribution in [0, 0.1) is 5.92 Å². The van der Waals surface area contributed by atoms with Crippen molar-refractivity contribution < 1.29 is 28.7 Å². The Hall–Kier alpha value is -5.66. The summed E-state index contributed by atoms with van der Waals surface area (Å²) >= 11 is 0. The number of rotatable bonds is 11. The molecule has 2 aromatic heterocycles. The maximum absolute atomic E-state index is 13.9. The zero-order chi connectivity index (χ0) is 40.1. The van der Waals surface area contributed by atoms with Gasteiger partial charge >= 0.3 is 12.2 Å². The second-order valence-corrected chi connectivity index (χ2v) is 15.8. The average molecular weight is 779 g/mol. The lowest BCUT2D eigenvalue weighted by Crippen LogP contribution is -2.51. The molecule has 14 heteroatoms. The van der Waals surface area contributed by atoms with E-state index >= 15 is 0 Å². The van der Waals surface area contributed by atoms with Crippen molar-refractivity contribution >= 4 is 24.0 Å². The molecule has 0 spiro atoms. The number of H-pyrrole nitrogens is 2. The molecule has 4 amide bonds. The predicted octanol–water partition coefficient (Wildman–Crippen LogP) is 7.05. The van der Waals surface area contributed by atoms with Crippen LogP contribution in [0.15, 0.2) is 67.0 Å². The van der Waals surface area contributed by atoms with Gasteiger partial charge in [0.15, 0.2) is 0 Å². The summed E-state index contributed by atoms with van der Waals surface area (Å²) < 4.78 is 9.60. The van der Waals surface area contributed by atoms with Crippen molar-refractivity contribution in [2.75, 3.05) is 27.3 Å². The van der Waals surface area contributed by atoms with E-state index < -0.39 is 24.3 Å². The van der Waals surface area contributed by atoms with Crippen LogP contribution in [0.2, 0.25) is 0 Å². The summed E-state index contributed by atoms with van der Waals surface area (Å²) in [6.07, 6.45) is 10.0. The second-order valence-electron chi connectivity index (χ2n) is 15.8. The number of methoxy groups -OCH3 is 2. The molecule has 4 aromatic rings. The third-order valence-electron chi connectivity index (χ3n) is 12.0. The van der Waals surface area contributed by atoms with Gasteiger partial charge in [0, 0.05) is 30.9 Å². The third-order valence-corrected chi connectivity index (χ3v) is 12.0. The van der Waals surface area contributed by atoms with Gasteiger partial charge in [-0.3, -0.25) is 9.59 Å². The van der Waals surface area contributed by atoms with Crippen molar-refractivity contribution in [3.63, 3.8) is 0 Å². The summed E-state index contributed by atoms with van der Waals surface area (Å²) in [7, 11) is 2.59. The fraction of sp³-hybridized carbons (Fsp3) is 0.488. The molecule has 3 fully saturated rings. The van der Waals surface area contributed by atoms with Crippen LogP contribution in [0.1, 0.15) is 124 Å². The molecule has 302 valence electrons. The third kappa shape index (κ3) is 8.69. The number of carbonyl (C=O) groups is 4. The zero-order valence-corrected chi connectivity index (χ0v) is 33.2. The monoisotopic (exact) mass is 778 g/mol. The van der Waals surface area contributed by atoms with Crippen molar-refractivity contribution in [1.82, 2.24) is 40.4 Å². The van der Waals surface area contributed by atoms with Crippen molar-refractivity contribution in [3.05, 3.63) is 95.5 Å². The van der Waals surface area contributed by atoms with Gasteiger partial charge in [0.25, 0.3) is 5.91 Å². The molecule has 3 aliphatic rings. The number of likely N-dealkylation sites (tertiary alicyclic amines) is 2. The molecule has 0 unspecified atom stereocenters. The molecule has 2 saturated heterocycles. The lowest BCUT2D eigenvalue weighted by atomic mass is 9.77. The first-order chi connectivity index (χ1) is 27.6. The Labute approximate surface area is 333 Å². The quantitative estimate of drug-likeness (QED) is 0.125. The van der Waals surface area contributed by atoms with Crippen LogP contribution in [-0.4, -0.2) is 87.1 Å². The van der Waals surface area contributed by atoms with Crippen LogP contribution in [-0.2, 0) is 19.1 Å². The van der Waals surface area contributed by atoms with E-state index in [0.29, 0.717) is 30.5 Å². The molecule has 4 heterocycles. The zero-order valence-electron chi connectivity index (χ0n) is 33.2. The van der Waals surface area contributed by atoms with E-state index in [2.05, 4.69) is 44.9 Å². The maximum Gasteiger partial charge on any atom is 0.407 e. The standard InChI is InChI=1S/C43H54N8O6/c1-26(2)36(48-42(54)56-3)40(52)50-22-8-12-34(50)38-44-24-32(46-38)29-18-14-27(15-19-29)28-16-20-30(21-17-28)33-25-45-39(47-33)35-13-9-23-51(35)41(53)37(49-43(55)57-4)31-10-6-5-7-11-31/h5-7,10-11,16-17,20-21,24-27,29,34-37H,8-9,12-15,18-19,22-23H2,1-4H3,(H,44,46)(H,45,47)(H,48,54)(H,49,55)/t27-,29-,34-,35-,36-,37+/m0/s1. The van der Waals surface area contributed by atoms with E-state index in [0.717, 1.165) is 80.0 Å². The highest BCUT2D eigenvalue weighted by Gasteiger charge is 2.39. The molecule has 14 nitrogen and oxygen atoms in total. The Morgan fingerprint density at radius 2 is 1.28 bits per heavy atom. The van der Waals surface area contributed by atoms with Gasteiger partial charge in [-0.25, -0.2) is 19.6 Å². The summed E-state index contributed by atoms with van der Waals surface area (Å²) in [5.74, 6) is 2.00. The predicted molar refractivity (Wildman–Crippen MR) is 213 cm³/mol. The number of nitrogens with one attached hydrogen (secondary N) is 4. The van der Waals surface area contributed by atoms with Gasteiger partial charge in [0.2, 0.25) is 5.91 Å². The number of benzene rings is 2. The number of alkyl carbamates (subject to hydrolysis) is 2. The first kappa shape index (κ1) is 39.6. The van der Waals surface area contributed by atoms with Crippen molar-refractivity contribution in [1.29, 1.82) is 0 Å². The maximum atomic E-state index is 13.9. The van der Waals surface area contributed by atoms with Gasteiger partial charge in [-0.15, -0.1) is 0 Å². The average Bonchev–Trinajstić information content (AvgIpc) is 4.09. The van der Waals surface area contributed by atoms with Crippen LogP contribution in [0.4, 0.5) is 9.59 Å². The Kier molecular flexibility index (Phi) is 12.2. The topological polar surface area (TPSA) is 175 Å². The van der Waals surface area contributed by atoms with Gasteiger partial charge in [-0.2, -0.15) is 0 Å². The summed E-state index contributed by atoms with van der Waals surface area (Å²) in [5, 5.41) is 5.44. The van der Waals surface area contributed by atoms with E-state index in [9.17, 15) is 19.2 Å². The highest BCUT2D eigenvalue weighted by atomic mass is 16.5. The SMILES string of the molecule is COC(=O)N[C@H](C(=O)N1CCC[C@H]1c1ncc([C@H]2CC[C@H](c3ccc(-c4cnc([C@@H]5CCCN5C(=O)[C@H](NC(=O)OC)c5ccccc5)[nH]4)cc3)CC2)[nH]1)C(C)C. The first-order valence-electron chi connectivity index (χ1n) is 20.2. The Morgan fingerprint density at radius 3 is 1.91 bits per heavy atom. The highest BCUT2D eigenvalue weighted by Crippen LogP contribution is 2.42. The summed E-state index contributed by atoms with van der Waals surface area (Å²) in [6, 6.07) is 16.0. The minimum absolute atomic E-state index is 0.0829. The number of aromatic amines is 2. The number of ether oxygens (including phenoxy) is 2. The number of hydrogen-bond acceptors (Lipinski definition) is 8. The molecule has 4 atom stereocenters. The van der Waals surface area contributed by atoms with Crippen LogP contribution < -0.4 is 10.6 Å². The van der Waals surface area contributed by atoms with Gasteiger partial charge in [0.1, 0.15) is 23.7 Å². The van der Waals surface area contributed by atoms with E-state index in [4.69, 9.17) is 19.4 Å². The highest BCUT2D eigenvalue weighted by molar-refractivity contribution is 5.88. The molecule has 0 bridgehead atoms. The largest absolute Gasteiger partial charge is 0.453 e. The molecule has 1 saturated carbocycles. The Balaban J connectivity index is 0.953. The first-order valence-corrected chi connectivity index (χ1v) is 20.2. The lowest BCUT2D eigenvalue weighted by Gasteiger charge is -2.30. The smallest absolute Gasteiger partial charge is 0.407 e. The number of amides is 4. The number of carbonyl (C=O) groups excluding carboxylic acids is 4. The fourth-order valence-electron chi connectivity index (χ4n) is 8.84. The van der Waals surface area contributed by atoms with Crippen molar-refractivity contribution in [2.24, 2.45) is 5.92 Å². The van der Waals surface area contributed by atoms with Gasteiger partial charge in [-0.05, 0) is 79.9 Å². The molecule has 4 N–H and O–H groups in total. The number of aromatic nitrogens is 4. The van der Waals surface area contributed by atoms with E-state index in [1.807, 2.05) is 61.5 Å². The van der Waals surface area contributed by atoms with Crippen LogP contribution in [0.3, 0.4) is 0 Å². The summed E-state index contributed by atoms with van der Waals surface area (Å²) in [5.41, 5.74) is 5.06. The second kappa shape index (κ2) is 17.6. The molecular weight excluding hydrogens is 725 g/mol. The Morgan fingerprint density at radius 1 is 0.702 bits per heavy atom. The number of imidazole rings is 2. The van der Waals surface area contributed by atoms with Crippen molar-refractivity contribution in [2.45, 2.75) is 101 Å². The normalized spacial score (nSPS) is 21.9. The van der Waals surface area contributed by atoms with Crippen LogP contribution in [0.5, 0.6) is 0 Å².